The average molecular weight is 893 g/mol. The van der Waals surface area contributed by atoms with Crippen LogP contribution in [0.15, 0.2) is 132 Å². The number of anilines is 5. The molecular formula is C64H69BN2O. The van der Waals surface area contributed by atoms with Gasteiger partial charge in [0.1, 0.15) is 5.58 Å². The predicted octanol–water partition coefficient (Wildman–Crippen LogP) is 16.6. The summed E-state index contributed by atoms with van der Waals surface area (Å²) >= 11 is 0. The molecule has 0 unspecified atom stereocenters. The minimum atomic E-state index is 0.0370. The van der Waals surface area contributed by atoms with Crippen molar-refractivity contribution in [2.45, 2.75) is 142 Å². The Bertz CT molecular complexity index is 3260. The van der Waals surface area contributed by atoms with Crippen LogP contribution in [0.4, 0.5) is 28.6 Å². The quantitative estimate of drug-likeness (QED) is 0.116. The van der Waals surface area contributed by atoms with Crippen LogP contribution in [0.1, 0.15) is 141 Å². The van der Waals surface area contributed by atoms with Crippen molar-refractivity contribution in [3.05, 3.63) is 161 Å². The Balaban J connectivity index is 1.20. The summed E-state index contributed by atoms with van der Waals surface area (Å²) in [5.41, 5.74) is 21.8. The molecule has 0 spiro atoms. The standard InChI is InChI=1S/C64H69BN2O/c1-11-12-14-19-41-24-27-45(28-25-41)66-59-46-23-18-17-22-43(46)26-29-47(59)48-35-44(42-20-15-13-16-21-42)36-55-57(48)65-58-49-37-51-53(64(9,10)33-31-62(51,5)6)39-56(49)68-60(58)67(55)54-38-52-50(34-40(54)2)61(3,4)30-32-63(52,7)8/h13,15-18,20-29,34-39,65-66H,11-12,14,19,30-33H2,1-10H3. The molecule has 0 amide bonds. The second kappa shape index (κ2) is 16.3. The van der Waals surface area contributed by atoms with Gasteiger partial charge < -0.3 is 9.73 Å². The third-order valence-corrected chi connectivity index (χ3v) is 16.8. The SMILES string of the molecule is CCCCCc1ccc(Nc2c(-c3cc(-c4ccccc4)cc4c3Bc3c(oc5cc6c(cc35)C(C)(C)CCC6(C)C)N4c3cc4c(cc3C)C(C)(C)CCC4(C)C)ccc3ccccc23)cc1. The molecule has 1 aliphatic heterocycles. The zero-order valence-electron chi connectivity index (χ0n) is 42.3. The number of nitrogens with zero attached hydrogens (tertiary/aromatic N) is 1. The van der Waals surface area contributed by atoms with Gasteiger partial charge in [0.2, 0.25) is 7.28 Å². The number of unbranched alkanes of at least 4 members (excludes halogenated alkanes) is 2. The molecule has 344 valence electrons. The van der Waals surface area contributed by atoms with Gasteiger partial charge in [-0.3, -0.25) is 4.90 Å². The van der Waals surface area contributed by atoms with Gasteiger partial charge in [0, 0.05) is 27.7 Å². The number of hydrogen-bond donors (Lipinski definition) is 1. The van der Waals surface area contributed by atoms with E-state index in [1.807, 2.05) is 0 Å². The van der Waals surface area contributed by atoms with Crippen LogP contribution in [-0.2, 0) is 28.1 Å². The topological polar surface area (TPSA) is 28.4 Å². The highest BCUT2D eigenvalue weighted by molar-refractivity contribution is 6.75. The number of hydrogen-bond acceptors (Lipinski definition) is 3. The Kier molecular flexibility index (Phi) is 10.7. The summed E-state index contributed by atoms with van der Waals surface area (Å²) < 4.78 is 7.44. The molecule has 0 saturated carbocycles. The van der Waals surface area contributed by atoms with Crippen molar-refractivity contribution in [3.8, 4) is 22.3 Å². The molecule has 1 aromatic heterocycles. The summed E-state index contributed by atoms with van der Waals surface area (Å²) in [7, 11) is 0.752. The van der Waals surface area contributed by atoms with Crippen molar-refractivity contribution in [1.29, 1.82) is 0 Å². The molecule has 2 aliphatic carbocycles. The molecule has 8 aromatic rings. The van der Waals surface area contributed by atoms with E-state index in [0.29, 0.717) is 0 Å². The normalized spacial score (nSPS) is 17.2. The van der Waals surface area contributed by atoms with Crippen LogP contribution in [0, 0.1) is 6.92 Å². The zero-order chi connectivity index (χ0) is 47.3. The first-order valence-corrected chi connectivity index (χ1v) is 25.7. The molecule has 0 radical (unpaired) electrons. The molecule has 0 fully saturated rings. The molecule has 0 bridgehead atoms. The van der Waals surface area contributed by atoms with Crippen LogP contribution < -0.4 is 21.1 Å². The van der Waals surface area contributed by atoms with Crippen molar-refractivity contribution < 1.29 is 4.42 Å². The summed E-state index contributed by atoms with van der Waals surface area (Å²) in [5.74, 6) is 0.952. The van der Waals surface area contributed by atoms with Crippen LogP contribution in [0.5, 0.6) is 0 Å². The molecule has 3 aliphatic rings. The summed E-state index contributed by atoms with van der Waals surface area (Å²) in [5, 5.41) is 7.72. The maximum Gasteiger partial charge on any atom is 0.203 e. The molecular weight excluding hydrogens is 824 g/mol. The smallest absolute Gasteiger partial charge is 0.203 e. The van der Waals surface area contributed by atoms with Crippen molar-refractivity contribution in [1.82, 2.24) is 0 Å². The van der Waals surface area contributed by atoms with Gasteiger partial charge in [0.15, 0.2) is 5.88 Å². The van der Waals surface area contributed by atoms with Gasteiger partial charge >= 0.3 is 0 Å². The number of nitrogens with one attached hydrogen (secondary N) is 1. The van der Waals surface area contributed by atoms with Crippen LogP contribution >= 0.6 is 0 Å². The van der Waals surface area contributed by atoms with E-state index in [2.05, 4.69) is 207 Å². The van der Waals surface area contributed by atoms with E-state index in [4.69, 9.17) is 4.42 Å². The van der Waals surface area contributed by atoms with Crippen molar-refractivity contribution in [3.63, 3.8) is 0 Å². The molecule has 2 heterocycles. The molecule has 0 saturated heterocycles. The first kappa shape index (κ1) is 44.5. The molecule has 7 aromatic carbocycles. The van der Waals surface area contributed by atoms with Gasteiger partial charge in [-0.1, -0.05) is 160 Å². The Morgan fingerprint density at radius 1 is 0.559 bits per heavy atom. The average Bonchev–Trinajstić information content (AvgIpc) is 3.69. The molecule has 0 atom stereocenters. The van der Waals surface area contributed by atoms with E-state index in [9.17, 15) is 0 Å². The summed E-state index contributed by atoms with van der Waals surface area (Å²) in [6.45, 7) is 24.1. The van der Waals surface area contributed by atoms with Crippen LogP contribution in [0.2, 0.25) is 0 Å². The minimum absolute atomic E-state index is 0.0370. The van der Waals surface area contributed by atoms with Gasteiger partial charge in [-0.25, -0.2) is 0 Å². The third kappa shape index (κ3) is 7.49. The van der Waals surface area contributed by atoms with Gasteiger partial charge in [0.05, 0.1) is 11.4 Å². The molecule has 3 nitrogen and oxygen atoms in total. The fourth-order valence-corrected chi connectivity index (χ4v) is 12.2. The van der Waals surface area contributed by atoms with Gasteiger partial charge in [0.25, 0.3) is 0 Å². The fraction of sp³-hybridized carbons (Fsp3) is 0.344. The first-order valence-electron chi connectivity index (χ1n) is 25.7. The Morgan fingerprint density at radius 3 is 1.88 bits per heavy atom. The Labute approximate surface area is 406 Å². The first-order chi connectivity index (χ1) is 32.5. The van der Waals surface area contributed by atoms with Crippen molar-refractivity contribution in [2.24, 2.45) is 0 Å². The number of aryl methyl sites for hydroxylation is 2. The molecule has 4 heteroatoms. The van der Waals surface area contributed by atoms with E-state index in [-0.39, 0.29) is 21.7 Å². The van der Waals surface area contributed by atoms with Crippen molar-refractivity contribution in [2.75, 3.05) is 10.2 Å². The van der Waals surface area contributed by atoms with E-state index in [0.717, 1.165) is 49.4 Å². The number of furan rings is 1. The maximum atomic E-state index is 7.44. The largest absolute Gasteiger partial charge is 0.440 e. The zero-order valence-corrected chi connectivity index (χ0v) is 42.3. The van der Waals surface area contributed by atoms with Crippen LogP contribution in [-0.4, -0.2) is 7.28 Å². The Hall–Kier alpha value is -6.00. The van der Waals surface area contributed by atoms with E-state index < -0.39 is 0 Å². The summed E-state index contributed by atoms with van der Waals surface area (Å²) in [6, 6.07) is 48.7. The van der Waals surface area contributed by atoms with E-state index in [1.54, 1.807) is 0 Å². The Morgan fingerprint density at radius 2 is 1.19 bits per heavy atom. The monoisotopic (exact) mass is 893 g/mol. The van der Waals surface area contributed by atoms with E-state index in [1.165, 1.54) is 126 Å². The highest BCUT2D eigenvalue weighted by Gasteiger charge is 2.42. The van der Waals surface area contributed by atoms with Crippen LogP contribution in [0.25, 0.3) is 44.0 Å². The molecule has 11 rings (SSSR count). The lowest BCUT2D eigenvalue weighted by Crippen LogP contribution is -2.41. The second-order valence-corrected chi connectivity index (χ2v) is 23.4. The van der Waals surface area contributed by atoms with Gasteiger partial charge in [-0.05, 0) is 176 Å². The second-order valence-electron chi connectivity index (χ2n) is 23.4. The fourth-order valence-electron chi connectivity index (χ4n) is 12.2. The number of rotatable bonds is 9. The highest BCUT2D eigenvalue weighted by atomic mass is 16.4. The third-order valence-electron chi connectivity index (χ3n) is 16.8. The minimum Gasteiger partial charge on any atom is -0.440 e. The number of fused-ring (bicyclic) bond motifs is 7. The van der Waals surface area contributed by atoms with Crippen LogP contribution in [0.3, 0.4) is 0 Å². The summed E-state index contributed by atoms with van der Waals surface area (Å²) in [4.78, 5) is 2.54. The molecule has 1 N–H and O–H groups in total. The van der Waals surface area contributed by atoms with Gasteiger partial charge in [-0.2, -0.15) is 0 Å². The van der Waals surface area contributed by atoms with Gasteiger partial charge in [-0.15, -0.1) is 0 Å². The highest BCUT2D eigenvalue weighted by Crippen LogP contribution is 2.52. The number of benzene rings is 7. The van der Waals surface area contributed by atoms with Crippen molar-refractivity contribution >= 4 is 68.6 Å². The predicted molar refractivity (Wildman–Crippen MR) is 294 cm³/mol. The summed E-state index contributed by atoms with van der Waals surface area (Å²) in [6.07, 6.45) is 9.50. The molecule has 68 heavy (non-hydrogen) atoms. The lowest BCUT2D eigenvalue weighted by Gasteiger charge is -2.43. The maximum absolute atomic E-state index is 7.44. The lowest BCUT2D eigenvalue weighted by atomic mass is 9.57. The van der Waals surface area contributed by atoms with E-state index >= 15 is 0 Å². The lowest BCUT2D eigenvalue weighted by molar-refractivity contribution is 0.332.